The fourth-order valence-electron chi connectivity index (χ4n) is 1.93. The molecule has 0 saturated carbocycles. The van der Waals surface area contributed by atoms with E-state index in [1.54, 1.807) is 0 Å². The van der Waals surface area contributed by atoms with Gasteiger partial charge in [0.15, 0.2) is 0 Å². The maximum Gasteiger partial charge on any atom is 0.140 e. The Bertz CT molecular complexity index is 257. The molecule has 0 spiro atoms. The second kappa shape index (κ2) is 1.80. The molecule has 2 atom stereocenters. The molecule has 3 heteroatoms. The largest absolute Gasteiger partial charge is 0.484 e. The highest BCUT2D eigenvalue weighted by Crippen LogP contribution is 2.34. The summed E-state index contributed by atoms with van der Waals surface area (Å²) in [7, 11) is 0. The van der Waals surface area contributed by atoms with Crippen LogP contribution in [-0.2, 0) is 4.74 Å². The van der Waals surface area contributed by atoms with E-state index in [-0.39, 0.29) is 0 Å². The minimum atomic E-state index is 0.348. The van der Waals surface area contributed by atoms with E-state index in [1.807, 2.05) is 0 Å². The van der Waals surface area contributed by atoms with E-state index in [0.717, 1.165) is 18.7 Å². The van der Waals surface area contributed by atoms with E-state index >= 15 is 0 Å². The molecule has 0 aromatic carbocycles. The zero-order valence-electron chi connectivity index (χ0n) is 6.13. The Labute approximate surface area is 65.1 Å². The highest BCUT2D eigenvalue weighted by molar-refractivity contribution is 5.31. The molecule has 3 rings (SSSR count). The van der Waals surface area contributed by atoms with Crippen molar-refractivity contribution in [3.8, 4) is 0 Å². The molecule has 1 saturated heterocycles. The predicted molar refractivity (Wildman–Crippen MR) is 40.3 cm³/mol. The van der Waals surface area contributed by atoms with Gasteiger partial charge >= 0.3 is 0 Å². The zero-order valence-corrected chi connectivity index (χ0v) is 6.13. The Balaban J connectivity index is 2.09. The molecule has 0 aromatic heterocycles. The fraction of sp³-hybridized carbons (Fsp3) is 0.500. The molecule has 0 amide bonds. The molecule has 0 aromatic rings. The molecule has 3 nitrogen and oxygen atoms in total. The number of fused-ring (bicyclic) bond motifs is 3. The van der Waals surface area contributed by atoms with Gasteiger partial charge in [-0.25, -0.2) is 5.43 Å². The van der Waals surface area contributed by atoms with Crippen LogP contribution in [0.25, 0.3) is 0 Å². The summed E-state index contributed by atoms with van der Waals surface area (Å²) in [6.45, 7) is 1.04. The van der Waals surface area contributed by atoms with Gasteiger partial charge in [0, 0.05) is 12.5 Å². The molecule has 0 radical (unpaired) electrons. The molecule has 2 unspecified atom stereocenters. The number of hydrogen-bond acceptors (Lipinski definition) is 3. The average Bonchev–Trinajstić information content (AvgIpc) is 2.58. The Morgan fingerprint density at radius 2 is 2.55 bits per heavy atom. The van der Waals surface area contributed by atoms with Gasteiger partial charge in [0.2, 0.25) is 0 Å². The van der Waals surface area contributed by atoms with Crippen molar-refractivity contribution >= 4 is 0 Å². The number of hydrazine groups is 1. The fourth-order valence-corrected chi connectivity index (χ4v) is 1.93. The lowest BCUT2D eigenvalue weighted by molar-refractivity contribution is 0.137. The first-order chi connectivity index (χ1) is 5.43. The summed E-state index contributed by atoms with van der Waals surface area (Å²) in [4.78, 5) is 0. The van der Waals surface area contributed by atoms with Crippen LogP contribution < -0.4 is 10.9 Å². The molecule has 1 fully saturated rings. The van der Waals surface area contributed by atoms with Crippen LogP contribution in [0.2, 0.25) is 0 Å². The van der Waals surface area contributed by atoms with Crippen molar-refractivity contribution in [1.29, 1.82) is 0 Å². The number of hydrogen-bond donors (Lipinski definition) is 2. The molecule has 11 heavy (non-hydrogen) atoms. The van der Waals surface area contributed by atoms with Gasteiger partial charge < -0.3 is 10.2 Å². The van der Waals surface area contributed by atoms with Crippen molar-refractivity contribution in [2.75, 3.05) is 6.54 Å². The van der Waals surface area contributed by atoms with Gasteiger partial charge in [-0.3, -0.25) is 0 Å². The van der Waals surface area contributed by atoms with E-state index in [0.29, 0.717) is 12.0 Å². The van der Waals surface area contributed by atoms with Crippen molar-refractivity contribution in [3.63, 3.8) is 0 Å². The minimum absolute atomic E-state index is 0.348. The van der Waals surface area contributed by atoms with Crippen molar-refractivity contribution in [1.82, 2.24) is 10.9 Å². The second-order valence-electron chi connectivity index (χ2n) is 3.23. The molecule has 2 N–H and O–H groups in total. The van der Waals surface area contributed by atoms with E-state index in [2.05, 4.69) is 23.0 Å². The summed E-state index contributed by atoms with van der Waals surface area (Å²) >= 11 is 0. The minimum Gasteiger partial charge on any atom is -0.484 e. The second-order valence-corrected chi connectivity index (χ2v) is 3.23. The maximum atomic E-state index is 5.58. The smallest absolute Gasteiger partial charge is 0.140 e. The Morgan fingerprint density at radius 1 is 1.55 bits per heavy atom. The lowest BCUT2D eigenvalue weighted by Crippen LogP contribution is -2.22. The van der Waals surface area contributed by atoms with Crippen molar-refractivity contribution in [3.05, 3.63) is 23.6 Å². The summed E-state index contributed by atoms with van der Waals surface area (Å²) in [5, 5.41) is 0. The number of ether oxygens (including phenoxy) is 1. The number of rotatable bonds is 0. The zero-order chi connectivity index (χ0) is 7.26. The van der Waals surface area contributed by atoms with Gasteiger partial charge in [-0.05, 0) is 18.6 Å². The normalized spacial score (nSPS) is 38.5. The van der Waals surface area contributed by atoms with E-state index in [9.17, 15) is 0 Å². The Hall–Kier alpha value is -0.960. The van der Waals surface area contributed by atoms with Crippen LogP contribution >= 0.6 is 0 Å². The van der Waals surface area contributed by atoms with Crippen molar-refractivity contribution in [2.24, 2.45) is 5.92 Å². The molecule has 3 heterocycles. The van der Waals surface area contributed by atoms with Gasteiger partial charge in [0.25, 0.3) is 0 Å². The van der Waals surface area contributed by atoms with Crippen LogP contribution in [0, 0.1) is 5.92 Å². The monoisotopic (exact) mass is 150 g/mol. The summed E-state index contributed by atoms with van der Waals surface area (Å²) in [6.07, 6.45) is 5.68. The van der Waals surface area contributed by atoms with Gasteiger partial charge in [-0.15, -0.1) is 0 Å². The first-order valence-electron chi connectivity index (χ1n) is 4.01. The van der Waals surface area contributed by atoms with Gasteiger partial charge in [-0.1, -0.05) is 0 Å². The number of allylic oxidation sites excluding steroid dienone is 1. The molecule has 0 aliphatic carbocycles. The van der Waals surface area contributed by atoms with Gasteiger partial charge in [0.1, 0.15) is 11.9 Å². The van der Waals surface area contributed by atoms with E-state index in [1.165, 1.54) is 5.70 Å². The van der Waals surface area contributed by atoms with Gasteiger partial charge in [-0.2, -0.15) is 0 Å². The highest BCUT2D eigenvalue weighted by atomic mass is 16.5. The standard InChI is InChI=1S/C8H10N2O/c1-2-7-8-5(4-9-10-8)3-6(1)11-7/h1-2,5-6,9-10H,3-4H2. The van der Waals surface area contributed by atoms with Crippen molar-refractivity contribution < 1.29 is 4.74 Å². The summed E-state index contributed by atoms with van der Waals surface area (Å²) in [6, 6.07) is 0. The van der Waals surface area contributed by atoms with E-state index in [4.69, 9.17) is 4.74 Å². The Morgan fingerprint density at radius 3 is 3.55 bits per heavy atom. The Kier molecular flexibility index (Phi) is 0.924. The van der Waals surface area contributed by atoms with Crippen LogP contribution in [0.4, 0.5) is 0 Å². The van der Waals surface area contributed by atoms with Gasteiger partial charge in [0.05, 0.1) is 5.70 Å². The third kappa shape index (κ3) is 0.661. The molecular formula is C8H10N2O. The topological polar surface area (TPSA) is 33.3 Å². The van der Waals surface area contributed by atoms with Crippen LogP contribution in [-0.4, -0.2) is 12.6 Å². The summed E-state index contributed by atoms with van der Waals surface area (Å²) in [5.41, 5.74) is 7.51. The lowest BCUT2D eigenvalue weighted by atomic mass is 9.99. The summed E-state index contributed by atoms with van der Waals surface area (Å²) < 4.78 is 5.58. The van der Waals surface area contributed by atoms with Crippen LogP contribution in [0.1, 0.15) is 6.42 Å². The van der Waals surface area contributed by atoms with E-state index < -0.39 is 0 Å². The third-order valence-electron chi connectivity index (χ3n) is 2.50. The molecule has 3 aliphatic rings. The molecule has 3 aliphatic heterocycles. The van der Waals surface area contributed by atoms with Crippen molar-refractivity contribution in [2.45, 2.75) is 12.5 Å². The van der Waals surface area contributed by atoms with Crippen LogP contribution in [0.15, 0.2) is 23.6 Å². The summed E-state index contributed by atoms with van der Waals surface area (Å²) in [5.74, 6) is 1.69. The molecular weight excluding hydrogens is 140 g/mol. The lowest BCUT2D eigenvalue weighted by Gasteiger charge is -2.22. The number of nitrogens with one attached hydrogen (secondary N) is 2. The molecule has 58 valence electrons. The maximum absolute atomic E-state index is 5.58. The van der Waals surface area contributed by atoms with Crippen LogP contribution in [0.3, 0.4) is 0 Å². The predicted octanol–water partition coefficient (Wildman–Crippen LogP) is 0.281. The third-order valence-corrected chi connectivity index (χ3v) is 2.50. The average molecular weight is 150 g/mol. The quantitative estimate of drug-likeness (QED) is 0.520. The first-order valence-corrected chi connectivity index (χ1v) is 4.01. The first kappa shape index (κ1) is 5.66. The van der Waals surface area contributed by atoms with Crippen LogP contribution in [0.5, 0.6) is 0 Å². The molecule has 2 bridgehead atoms. The highest BCUT2D eigenvalue weighted by Gasteiger charge is 2.34. The SMILES string of the molecule is C1=CC2CC3CNNC3=C1O2.